The predicted molar refractivity (Wildman–Crippen MR) is 175 cm³/mol. The molecule has 1 saturated carbocycles. The molecule has 1 aromatic heterocycles. The van der Waals surface area contributed by atoms with Crippen molar-refractivity contribution in [3.8, 4) is 11.1 Å². The molecule has 3 heterocycles. The number of anilines is 2. The Labute approximate surface area is 264 Å². The molecule has 1 amide bonds. The Morgan fingerprint density at radius 3 is 2.47 bits per heavy atom. The van der Waals surface area contributed by atoms with Gasteiger partial charge in [-0.1, -0.05) is 24.3 Å². The SMILES string of the molecule is NCC1CCC(C(=O)C[C@@H](Cc2cccc(-c3ccnc(N4CCOCC4)c3)c2)C(=O)Nc2ccc(C3=NCN=N3)cc2)CC1. The maximum Gasteiger partial charge on any atom is 0.228 e. The third-order valence-electron chi connectivity index (χ3n) is 9.14. The molecule has 0 bridgehead atoms. The summed E-state index contributed by atoms with van der Waals surface area (Å²) in [5, 5.41) is 11.0. The average molecular weight is 608 g/mol. The maximum atomic E-state index is 13.8. The highest BCUT2D eigenvalue weighted by molar-refractivity contribution is 6.01. The zero-order valence-corrected chi connectivity index (χ0v) is 25.6. The summed E-state index contributed by atoms with van der Waals surface area (Å²) >= 11 is 0. The number of nitrogens with one attached hydrogen (secondary N) is 1. The highest BCUT2D eigenvalue weighted by Gasteiger charge is 2.30. The Hall–Kier alpha value is -4.28. The van der Waals surface area contributed by atoms with Gasteiger partial charge in [-0.15, -0.1) is 5.11 Å². The van der Waals surface area contributed by atoms with Crippen LogP contribution in [0.2, 0.25) is 0 Å². The summed E-state index contributed by atoms with van der Waals surface area (Å²) < 4.78 is 5.50. The van der Waals surface area contributed by atoms with Crippen molar-refractivity contribution in [1.82, 2.24) is 4.98 Å². The first-order valence-corrected chi connectivity index (χ1v) is 16.0. The number of ether oxygens (including phenoxy) is 1. The number of azo groups is 1. The fourth-order valence-electron chi connectivity index (χ4n) is 6.44. The van der Waals surface area contributed by atoms with E-state index in [2.05, 4.69) is 48.6 Å². The Bertz CT molecular complexity index is 1540. The summed E-state index contributed by atoms with van der Waals surface area (Å²) in [4.78, 5) is 38.4. The second-order valence-corrected chi connectivity index (χ2v) is 12.2. The van der Waals surface area contributed by atoms with E-state index in [0.29, 0.717) is 50.3 Å². The lowest BCUT2D eigenvalue weighted by molar-refractivity contribution is -0.129. The van der Waals surface area contributed by atoms with Crippen LogP contribution in [0.15, 0.2) is 82.1 Å². The van der Waals surface area contributed by atoms with E-state index in [1.165, 1.54) is 0 Å². The van der Waals surface area contributed by atoms with Gasteiger partial charge in [0, 0.05) is 48.8 Å². The highest BCUT2D eigenvalue weighted by atomic mass is 16.5. The topological polar surface area (TPSA) is 135 Å². The zero-order chi connectivity index (χ0) is 31.0. The number of ketones is 1. The van der Waals surface area contributed by atoms with Crippen LogP contribution in [-0.2, 0) is 20.7 Å². The number of hydrogen-bond donors (Lipinski definition) is 2. The number of aliphatic imine (C=N–C) groups is 1. The van der Waals surface area contributed by atoms with Gasteiger partial charge in [0.2, 0.25) is 5.91 Å². The third-order valence-corrected chi connectivity index (χ3v) is 9.14. The summed E-state index contributed by atoms with van der Waals surface area (Å²) in [6.07, 6.45) is 6.15. The summed E-state index contributed by atoms with van der Waals surface area (Å²) in [6.45, 7) is 4.04. The fraction of sp³-hybridized carbons (Fsp3) is 0.429. The number of nitrogens with two attached hydrogens (primary N) is 1. The van der Waals surface area contributed by atoms with E-state index >= 15 is 0 Å². The van der Waals surface area contributed by atoms with Crippen molar-refractivity contribution >= 4 is 29.0 Å². The van der Waals surface area contributed by atoms with Crippen LogP contribution in [0.3, 0.4) is 0 Å². The number of pyridine rings is 1. The van der Waals surface area contributed by atoms with Crippen molar-refractivity contribution in [1.29, 1.82) is 0 Å². The molecular weight excluding hydrogens is 566 g/mol. The van der Waals surface area contributed by atoms with Crippen molar-refractivity contribution in [2.45, 2.75) is 38.5 Å². The molecule has 234 valence electrons. The van der Waals surface area contributed by atoms with Gasteiger partial charge in [-0.3, -0.25) is 9.59 Å². The van der Waals surface area contributed by atoms with Crippen LogP contribution in [0.5, 0.6) is 0 Å². The lowest BCUT2D eigenvalue weighted by Gasteiger charge is -2.28. The number of carbonyl (C=O) groups is 2. The number of rotatable bonds is 11. The predicted octanol–water partition coefficient (Wildman–Crippen LogP) is 5.28. The Morgan fingerprint density at radius 2 is 1.73 bits per heavy atom. The number of hydrogen-bond acceptors (Lipinski definition) is 9. The Kier molecular flexibility index (Phi) is 10.0. The first-order valence-electron chi connectivity index (χ1n) is 16.0. The Balaban J connectivity index is 1.19. The van der Waals surface area contributed by atoms with E-state index < -0.39 is 5.92 Å². The number of amidine groups is 1. The minimum atomic E-state index is -0.506. The molecule has 2 fully saturated rings. The average Bonchev–Trinajstić information content (AvgIpc) is 3.64. The highest BCUT2D eigenvalue weighted by Crippen LogP contribution is 2.32. The van der Waals surface area contributed by atoms with E-state index in [9.17, 15) is 9.59 Å². The van der Waals surface area contributed by atoms with Crippen LogP contribution < -0.4 is 16.0 Å². The molecule has 0 radical (unpaired) electrons. The second-order valence-electron chi connectivity index (χ2n) is 12.2. The van der Waals surface area contributed by atoms with Crippen LogP contribution in [0.4, 0.5) is 11.5 Å². The van der Waals surface area contributed by atoms with Gasteiger partial charge in [0.25, 0.3) is 0 Å². The van der Waals surface area contributed by atoms with Gasteiger partial charge in [-0.2, -0.15) is 5.11 Å². The van der Waals surface area contributed by atoms with Crippen LogP contribution in [0.25, 0.3) is 11.1 Å². The smallest absolute Gasteiger partial charge is 0.228 e. The molecule has 3 aromatic rings. The first-order chi connectivity index (χ1) is 22.1. The van der Waals surface area contributed by atoms with Gasteiger partial charge in [0.05, 0.1) is 13.2 Å². The minimum absolute atomic E-state index is 0.00880. The summed E-state index contributed by atoms with van der Waals surface area (Å²) in [7, 11) is 0. The van der Waals surface area contributed by atoms with Crippen LogP contribution in [-0.4, -0.2) is 62.0 Å². The molecule has 2 aliphatic heterocycles. The first kappa shape index (κ1) is 30.7. The third kappa shape index (κ3) is 7.87. The van der Waals surface area contributed by atoms with Crippen molar-refractivity contribution in [2.75, 3.05) is 49.7 Å². The van der Waals surface area contributed by atoms with E-state index in [1.807, 2.05) is 48.7 Å². The van der Waals surface area contributed by atoms with Crippen LogP contribution in [0.1, 0.15) is 43.2 Å². The van der Waals surface area contributed by atoms with Crippen molar-refractivity contribution < 1.29 is 14.3 Å². The van der Waals surface area contributed by atoms with Crippen molar-refractivity contribution in [3.05, 3.63) is 78.0 Å². The molecule has 10 nitrogen and oxygen atoms in total. The maximum absolute atomic E-state index is 13.8. The molecule has 1 saturated heterocycles. The van der Waals surface area contributed by atoms with E-state index in [4.69, 9.17) is 10.5 Å². The number of nitrogens with zero attached hydrogens (tertiary/aromatic N) is 5. The normalized spacial score (nSPS) is 20.5. The number of benzene rings is 2. The molecule has 2 aromatic carbocycles. The summed E-state index contributed by atoms with van der Waals surface area (Å²) in [5.74, 6) is 1.51. The van der Waals surface area contributed by atoms with Gasteiger partial charge >= 0.3 is 0 Å². The van der Waals surface area contributed by atoms with Gasteiger partial charge in [0.1, 0.15) is 11.6 Å². The van der Waals surface area contributed by atoms with E-state index in [-0.39, 0.29) is 24.0 Å². The number of Topliss-reactive ketones (excluding diaryl/α,β-unsaturated/α-hetero) is 1. The molecule has 0 spiro atoms. The number of carbonyl (C=O) groups excluding carboxylic acids is 2. The largest absolute Gasteiger partial charge is 0.378 e. The standard InChI is InChI=1S/C35H41N7O3/c36-22-24-4-6-26(7-5-24)32(43)20-30(35(44)40-31-10-8-27(9-11-31)34-38-23-39-41-34)19-25-2-1-3-28(18-25)29-12-13-37-33(21-29)42-14-16-45-17-15-42/h1-3,8-13,18,21,24,26,30H,4-7,14-17,19-20,22-23,36H2,(H,40,44)/t24?,26?,30-/m1/s1. The zero-order valence-electron chi connectivity index (χ0n) is 25.6. The molecule has 45 heavy (non-hydrogen) atoms. The van der Waals surface area contributed by atoms with Crippen molar-refractivity contribution in [3.63, 3.8) is 0 Å². The minimum Gasteiger partial charge on any atom is -0.378 e. The summed E-state index contributed by atoms with van der Waals surface area (Å²) in [5.41, 5.74) is 10.5. The molecule has 10 heteroatoms. The molecule has 0 unspecified atom stereocenters. The lowest BCUT2D eigenvalue weighted by atomic mass is 9.77. The molecular formula is C35H41N7O3. The molecule has 6 rings (SSSR count). The van der Waals surface area contributed by atoms with Gasteiger partial charge in [-0.05, 0) is 97.7 Å². The van der Waals surface area contributed by atoms with Gasteiger partial charge in [-0.25, -0.2) is 9.98 Å². The number of aromatic nitrogens is 1. The van der Waals surface area contributed by atoms with Gasteiger partial charge in [0.15, 0.2) is 12.5 Å². The van der Waals surface area contributed by atoms with Crippen LogP contribution >= 0.6 is 0 Å². The fourth-order valence-corrected chi connectivity index (χ4v) is 6.44. The molecule has 1 atom stereocenters. The second kappa shape index (κ2) is 14.7. The molecule has 3 aliphatic rings. The van der Waals surface area contributed by atoms with E-state index in [1.54, 1.807) is 0 Å². The quantitative estimate of drug-likeness (QED) is 0.305. The van der Waals surface area contributed by atoms with Crippen molar-refractivity contribution in [2.24, 2.45) is 38.7 Å². The Morgan fingerprint density at radius 1 is 0.956 bits per heavy atom. The molecule has 1 aliphatic carbocycles. The number of amides is 1. The molecule has 3 N–H and O–H groups in total. The van der Waals surface area contributed by atoms with Gasteiger partial charge < -0.3 is 20.7 Å². The van der Waals surface area contributed by atoms with E-state index in [0.717, 1.165) is 66.8 Å². The van der Waals surface area contributed by atoms with Crippen LogP contribution in [0, 0.1) is 17.8 Å². The summed E-state index contributed by atoms with van der Waals surface area (Å²) in [6, 6.07) is 19.8. The monoisotopic (exact) mass is 607 g/mol. The lowest BCUT2D eigenvalue weighted by Crippen LogP contribution is -2.36. The number of morpholine rings is 1.